The summed E-state index contributed by atoms with van der Waals surface area (Å²) in [7, 11) is -3.83. The van der Waals surface area contributed by atoms with Gasteiger partial charge in [-0.15, -0.1) is 0 Å². The zero-order valence-electron chi connectivity index (χ0n) is 13.2. The minimum absolute atomic E-state index is 0.113. The number of nitrogens with zero attached hydrogens (tertiary/aromatic N) is 1. The number of aromatic nitrogens is 1. The molecule has 0 aliphatic carbocycles. The van der Waals surface area contributed by atoms with Crippen LogP contribution in [0.25, 0.3) is 10.9 Å². The van der Waals surface area contributed by atoms with Crippen molar-refractivity contribution in [2.75, 3.05) is 13.2 Å². The standard InChI is InChI=1S/C18H15NO5S/c20-25(21,14-5-2-1-3-6-14)23-12-13-11-22-17-9-8-16-15(18(17)24-13)7-4-10-19-16/h1-10,13H,11-12H2/t13-/m1/s1. The summed E-state index contributed by atoms with van der Waals surface area (Å²) < 4.78 is 41.2. The maximum absolute atomic E-state index is 12.2. The molecular formula is C18H15NO5S. The van der Waals surface area contributed by atoms with Gasteiger partial charge in [-0.05, 0) is 36.4 Å². The molecule has 0 radical (unpaired) electrons. The summed E-state index contributed by atoms with van der Waals surface area (Å²) in [5.41, 5.74) is 0.781. The average molecular weight is 357 g/mol. The van der Waals surface area contributed by atoms with Crippen molar-refractivity contribution < 1.29 is 22.1 Å². The number of fused-ring (bicyclic) bond motifs is 3. The predicted octanol–water partition coefficient (Wildman–Crippen LogP) is 2.78. The topological polar surface area (TPSA) is 74.7 Å². The Morgan fingerprint density at radius 1 is 1.08 bits per heavy atom. The van der Waals surface area contributed by atoms with E-state index in [0.717, 1.165) is 10.9 Å². The van der Waals surface area contributed by atoms with Crippen LogP contribution in [0.4, 0.5) is 0 Å². The number of benzene rings is 2. The van der Waals surface area contributed by atoms with Crippen molar-refractivity contribution >= 4 is 21.0 Å². The van der Waals surface area contributed by atoms with E-state index in [1.54, 1.807) is 30.5 Å². The molecule has 1 aliphatic rings. The van der Waals surface area contributed by atoms with Gasteiger partial charge >= 0.3 is 0 Å². The van der Waals surface area contributed by atoms with Crippen LogP contribution >= 0.6 is 0 Å². The van der Waals surface area contributed by atoms with Gasteiger partial charge < -0.3 is 9.47 Å². The van der Waals surface area contributed by atoms with Gasteiger partial charge in [0.25, 0.3) is 10.1 Å². The highest BCUT2D eigenvalue weighted by molar-refractivity contribution is 7.86. The van der Waals surface area contributed by atoms with E-state index >= 15 is 0 Å². The molecule has 2 heterocycles. The van der Waals surface area contributed by atoms with E-state index in [-0.39, 0.29) is 18.1 Å². The zero-order valence-corrected chi connectivity index (χ0v) is 14.0. The molecule has 4 rings (SSSR count). The van der Waals surface area contributed by atoms with Gasteiger partial charge in [-0.2, -0.15) is 8.42 Å². The van der Waals surface area contributed by atoms with Crippen molar-refractivity contribution in [2.45, 2.75) is 11.0 Å². The third-order valence-corrected chi connectivity index (χ3v) is 5.15. The Bertz CT molecular complexity index is 1000. The Kier molecular flexibility index (Phi) is 4.03. The molecule has 25 heavy (non-hydrogen) atoms. The third kappa shape index (κ3) is 3.16. The second kappa shape index (κ2) is 6.34. The van der Waals surface area contributed by atoms with Crippen molar-refractivity contribution in [3.05, 3.63) is 60.8 Å². The van der Waals surface area contributed by atoms with E-state index in [1.807, 2.05) is 18.2 Å². The first-order valence-corrected chi connectivity index (χ1v) is 9.16. The van der Waals surface area contributed by atoms with Gasteiger partial charge in [-0.3, -0.25) is 9.17 Å². The van der Waals surface area contributed by atoms with Crippen LogP contribution in [-0.2, 0) is 14.3 Å². The highest BCUT2D eigenvalue weighted by atomic mass is 32.2. The average Bonchev–Trinajstić information content (AvgIpc) is 2.67. The first-order chi connectivity index (χ1) is 12.1. The van der Waals surface area contributed by atoms with E-state index in [4.69, 9.17) is 13.7 Å². The van der Waals surface area contributed by atoms with Crippen LogP contribution in [0, 0.1) is 0 Å². The summed E-state index contributed by atoms with van der Waals surface area (Å²) in [5.74, 6) is 1.17. The van der Waals surface area contributed by atoms with Crippen molar-refractivity contribution in [1.82, 2.24) is 4.98 Å². The van der Waals surface area contributed by atoms with E-state index < -0.39 is 16.2 Å². The molecule has 0 amide bonds. The minimum atomic E-state index is -3.83. The number of ether oxygens (including phenoxy) is 2. The number of pyridine rings is 1. The van der Waals surface area contributed by atoms with Crippen molar-refractivity contribution in [3.8, 4) is 11.5 Å². The second-order valence-corrected chi connectivity index (χ2v) is 7.18. The summed E-state index contributed by atoms with van der Waals surface area (Å²) in [6.07, 6.45) is 1.17. The molecule has 0 N–H and O–H groups in total. The monoisotopic (exact) mass is 357 g/mol. The Morgan fingerprint density at radius 2 is 1.92 bits per heavy atom. The van der Waals surface area contributed by atoms with Gasteiger partial charge in [-0.25, -0.2) is 0 Å². The van der Waals surface area contributed by atoms with E-state index in [0.29, 0.717) is 11.5 Å². The summed E-state index contributed by atoms with van der Waals surface area (Å²) in [4.78, 5) is 4.39. The van der Waals surface area contributed by atoms with Crippen LogP contribution in [-0.4, -0.2) is 32.7 Å². The van der Waals surface area contributed by atoms with Crippen LogP contribution < -0.4 is 9.47 Å². The fourth-order valence-electron chi connectivity index (χ4n) is 2.63. The largest absolute Gasteiger partial charge is 0.486 e. The number of hydrogen-bond acceptors (Lipinski definition) is 6. The normalized spacial score (nSPS) is 16.7. The minimum Gasteiger partial charge on any atom is -0.486 e. The molecule has 6 nitrogen and oxygen atoms in total. The molecule has 128 valence electrons. The lowest BCUT2D eigenvalue weighted by atomic mass is 10.1. The zero-order chi connectivity index (χ0) is 17.3. The van der Waals surface area contributed by atoms with Crippen LogP contribution in [0.1, 0.15) is 0 Å². The Morgan fingerprint density at radius 3 is 2.76 bits per heavy atom. The highest BCUT2D eigenvalue weighted by Gasteiger charge is 2.26. The lowest BCUT2D eigenvalue weighted by Gasteiger charge is -2.27. The fourth-order valence-corrected chi connectivity index (χ4v) is 3.58. The fraction of sp³-hybridized carbons (Fsp3) is 0.167. The first-order valence-electron chi connectivity index (χ1n) is 7.75. The summed E-state index contributed by atoms with van der Waals surface area (Å²) in [6.45, 7) is 0.0798. The SMILES string of the molecule is O=S(=O)(OC[C@H]1COc2ccc3ncccc3c2O1)c1ccccc1. The van der Waals surface area contributed by atoms with Crippen molar-refractivity contribution in [1.29, 1.82) is 0 Å². The third-order valence-electron chi connectivity index (χ3n) is 3.85. The van der Waals surface area contributed by atoms with Crippen LogP contribution in [0.5, 0.6) is 11.5 Å². The van der Waals surface area contributed by atoms with E-state index in [9.17, 15) is 8.42 Å². The van der Waals surface area contributed by atoms with Gasteiger partial charge in [0.15, 0.2) is 17.6 Å². The summed E-state index contributed by atoms with van der Waals surface area (Å²) in [6, 6.07) is 15.4. The van der Waals surface area contributed by atoms with E-state index in [2.05, 4.69) is 4.98 Å². The molecule has 1 atom stereocenters. The van der Waals surface area contributed by atoms with Gasteiger partial charge in [0.05, 0.1) is 10.4 Å². The van der Waals surface area contributed by atoms with Crippen molar-refractivity contribution in [3.63, 3.8) is 0 Å². The molecule has 0 fully saturated rings. The van der Waals surface area contributed by atoms with Crippen molar-refractivity contribution in [2.24, 2.45) is 0 Å². The van der Waals surface area contributed by atoms with Gasteiger partial charge in [0, 0.05) is 11.6 Å². The number of rotatable bonds is 4. The Hall–Kier alpha value is -2.64. The molecule has 7 heteroatoms. The second-order valence-electron chi connectivity index (χ2n) is 5.57. The smallest absolute Gasteiger partial charge is 0.297 e. The van der Waals surface area contributed by atoms with Crippen LogP contribution in [0.2, 0.25) is 0 Å². The quantitative estimate of drug-likeness (QED) is 0.669. The molecule has 1 aromatic heterocycles. The maximum atomic E-state index is 12.2. The van der Waals surface area contributed by atoms with Crippen LogP contribution in [0.3, 0.4) is 0 Å². The summed E-state index contributed by atoms with van der Waals surface area (Å²) in [5, 5.41) is 0.815. The van der Waals surface area contributed by atoms with Crippen LogP contribution in [0.15, 0.2) is 65.7 Å². The molecule has 1 aliphatic heterocycles. The maximum Gasteiger partial charge on any atom is 0.297 e. The molecule has 0 saturated heterocycles. The lowest BCUT2D eigenvalue weighted by molar-refractivity contribution is 0.0571. The molecule has 3 aromatic rings. The van der Waals surface area contributed by atoms with Gasteiger partial charge in [0.2, 0.25) is 0 Å². The molecule has 0 bridgehead atoms. The highest BCUT2D eigenvalue weighted by Crippen LogP contribution is 2.38. The molecule has 0 unspecified atom stereocenters. The van der Waals surface area contributed by atoms with Gasteiger partial charge in [-0.1, -0.05) is 18.2 Å². The first kappa shape index (κ1) is 15.9. The lowest BCUT2D eigenvalue weighted by Crippen LogP contribution is -2.34. The predicted molar refractivity (Wildman–Crippen MR) is 91.2 cm³/mol. The number of hydrogen-bond donors (Lipinski definition) is 0. The van der Waals surface area contributed by atoms with Gasteiger partial charge in [0.1, 0.15) is 13.2 Å². The van der Waals surface area contributed by atoms with E-state index in [1.165, 1.54) is 12.1 Å². The molecule has 2 aromatic carbocycles. The molecule has 0 spiro atoms. The Balaban J connectivity index is 1.52. The summed E-state index contributed by atoms with van der Waals surface area (Å²) >= 11 is 0. The molecular weight excluding hydrogens is 342 g/mol. The molecule has 0 saturated carbocycles. The Labute approximate surface area is 145 Å².